The third kappa shape index (κ3) is 2.17. The fraction of sp³-hybridized carbons (Fsp3) is 0.357. The molecule has 1 aliphatic heterocycles. The molecule has 6 nitrogen and oxygen atoms in total. The summed E-state index contributed by atoms with van der Waals surface area (Å²) < 4.78 is 37.8. The lowest BCUT2D eigenvalue weighted by Gasteiger charge is -2.30. The Morgan fingerprint density at radius 2 is 2.00 bits per heavy atom. The highest BCUT2D eigenvalue weighted by Gasteiger charge is 2.34. The molecule has 0 bridgehead atoms. The van der Waals surface area contributed by atoms with Crippen LogP contribution in [0.15, 0.2) is 27.6 Å². The minimum Gasteiger partial charge on any atom is -0.489 e. The van der Waals surface area contributed by atoms with Crippen molar-refractivity contribution in [2.24, 2.45) is 0 Å². The van der Waals surface area contributed by atoms with E-state index < -0.39 is 10.0 Å². The van der Waals surface area contributed by atoms with Gasteiger partial charge in [0.05, 0.1) is 12.2 Å². The van der Waals surface area contributed by atoms with Gasteiger partial charge >= 0.3 is 0 Å². The second-order valence-electron chi connectivity index (χ2n) is 5.05. The Balaban J connectivity index is 2.16. The van der Waals surface area contributed by atoms with Crippen LogP contribution in [0.3, 0.4) is 0 Å². The molecule has 21 heavy (non-hydrogen) atoms. The number of fused-ring (bicyclic) bond motifs is 1. The van der Waals surface area contributed by atoms with Crippen LogP contribution in [0.2, 0.25) is 0 Å². The molecule has 0 radical (unpaired) electrons. The molecule has 3 rings (SSSR count). The third-order valence-electron chi connectivity index (χ3n) is 3.45. The number of hydrogen-bond acceptors (Lipinski definition) is 5. The van der Waals surface area contributed by atoms with E-state index in [-0.39, 0.29) is 11.4 Å². The minimum atomic E-state index is -3.71. The summed E-state index contributed by atoms with van der Waals surface area (Å²) in [5, 5.41) is 3.74. The predicted octanol–water partition coefficient (Wildman–Crippen LogP) is 2.19. The molecule has 1 aromatic carbocycles. The number of benzene rings is 1. The first-order chi connectivity index (χ1) is 9.91. The summed E-state index contributed by atoms with van der Waals surface area (Å²) in [5.74, 6) is 0.871. The molecule has 2 aromatic rings. The SMILES string of the molecule is Cc1ccc2c(c1)N(S(=O)(=O)c1c(C)noc1C)CCO2. The second kappa shape index (κ2) is 4.77. The topological polar surface area (TPSA) is 72.6 Å². The molecule has 1 aromatic heterocycles. The molecule has 0 saturated heterocycles. The van der Waals surface area contributed by atoms with Gasteiger partial charge in [-0.1, -0.05) is 11.2 Å². The Morgan fingerprint density at radius 1 is 1.24 bits per heavy atom. The molecule has 0 saturated carbocycles. The lowest BCUT2D eigenvalue weighted by Crippen LogP contribution is -2.38. The zero-order chi connectivity index (χ0) is 15.2. The van der Waals surface area contributed by atoms with E-state index in [1.54, 1.807) is 19.9 Å². The molecule has 0 atom stereocenters. The van der Waals surface area contributed by atoms with Gasteiger partial charge in [0.15, 0.2) is 10.7 Å². The van der Waals surface area contributed by atoms with Crippen molar-refractivity contribution in [1.82, 2.24) is 5.16 Å². The largest absolute Gasteiger partial charge is 0.489 e. The summed E-state index contributed by atoms with van der Waals surface area (Å²) >= 11 is 0. The highest BCUT2D eigenvalue weighted by Crippen LogP contribution is 2.37. The second-order valence-corrected chi connectivity index (χ2v) is 6.85. The van der Waals surface area contributed by atoms with Gasteiger partial charge in [0, 0.05) is 0 Å². The lowest BCUT2D eigenvalue weighted by molar-refractivity contribution is 0.315. The van der Waals surface area contributed by atoms with Gasteiger partial charge in [-0.15, -0.1) is 0 Å². The highest BCUT2D eigenvalue weighted by atomic mass is 32.2. The van der Waals surface area contributed by atoms with Crippen molar-refractivity contribution in [3.8, 4) is 5.75 Å². The first-order valence-electron chi connectivity index (χ1n) is 6.60. The van der Waals surface area contributed by atoms with Crippen molar-refractivity contribution in [2.75, 3.05) is 17.5 Å². The van der Waals surface area contributed by atoms with Gasteiger partial charge in [-0.2, -0.15) is 0 Å². The number of aromatic nitrogens is 1. The van der Waals surface area contributed by atoms with Gasteiger partial charge < -0.3 is 9.26 Å². The van der Waals surface area contributed by atoms with Crippen LogP contribution in [-0.4, -0.2) is 26.7 Å². The van der Waals surface area contributed by atoms with Crippen molar-refractivity contribution in [1.29, 1.82) is 0 Å². The number of rotatable bonds is 2. The van der Waals surface area contributed by atoms with Gasteiger partial charge in [0.2, 0.25) is 0 Å². The fourth-order valence-corrected chi connectivity index (χ4v) is 4.25. The van der Waals surface area contributed by atoms with Crippen molar-refractivity contribution >= 4 is 15.7 Å². The van der Waals surface area contributed by atoms with E-state index in [0.717, 1.165) is 5.56 Å². The third-order valence-corrected chi connectivity index (χ3v) is 5.51. The van der Waals surface area contributed by atoms with Crippen LogP contribution in [0, 0.1) is 20.8 Å². The minimum absolute atomic E-state index is 0.136. The van der Waals surface area contributed by atoms with Crippen molar-refractivity contribution < 1.29 is 17.7 Å². The summed E-state index contributed by atoms with van der Waals surface area (Å²) in [6.45, 7) is 5.72. The van der Waals surface area contributed by atoms with Crippen LogP contribution in [0.25, 0.3) is 0 Å². The quantitative estimate of drug-likeness (QED) is 0.850. The average Bonchev–Trinajstić information content (AvgIpc) is 2.77. The van der Waals surface area contributed by atoms with Crippen molar-refractivity contribution in [3.63, 3.8) is 0 Å². The maximum absolute atomic E-state index is 12.9. The van der Waals surface area contributed by atoms with Crippen molar-refractivity contribution in [2.45, 2.75) is 25.7 Å². The Hall–Kier alpha value is -2.02. The Kier molecular flexibility index (Phi) is 3.16. The zero-order valence-corrected chi connectivity index (χ0v) is 12.9. The molecule has 1 aliphatic rings. The zero-order valence-electron chi connectivity index (χ0n) is 12.1. The maximum Gasteiger partial charge on any atom is 0.269 e. The van der Waals surface area contributed by atoms with Crippen LogP contribution in [0.5, 0.6) is 5.75 Å². The molecule has 0 amide bonds. The normalized spacial score (nSPS) is 14.7. The molecule has 2 heterocycles. The number of ether oxygens (including phenoxy) is 1. The van der Waals surface area contributed by atoms with Gasteiger partial charge in [0.1, 0.15) is 18.1 Å². The lowest BCUT2D eigenvalue weighted by atomic mass is 10.2. The molecular formula is C14H16N2O4S. The molecule has 112 valence electrons. The van der Waals surface area contributed by atoms with E-state index in [1.165, 1.54) is 4.31 Å². The van der Waals surface area contributed by atoms with Crippen LogP contribution >= 0.6 is 0 Å². The van der Waals surface area contributed by atoms with Crippen molar-refractivity contribution in [3.05, 3.63) is 35.2 Å². The monoisotopic (exact) mass is 308 g/mol. The maximum atomic E-state index is 12.9. The number of nitrogens with zero attached hydrogens (tertiary/aromatic N) is 2. The first-order valence-corrected chi connectivity index (χ1v) is 8.04. The Morgan fingerprint density at radius 3 is 2.67 bits per heavy atom. The summed E-state index contributed by atoms with van der Waals surface area (Å²) in [6, 6.07) is 5.49. The number of anilines is 1. The summed E-state index contributed by atoms with van der Waals surface area (Å²) in [6.07, 6.45) is 0. The fourth-order valence-electron chi connectivity index (χ4n) is 2.51. The Bertz CT molecular complexity index is 776. The van der Waals surface area contributed by atoms with E-state index in [9.17, 15) is 8.42 Å². The van der Waals surface area contributed by atoms with E-state index >= 15 is 0 Å². The van der Waals surface area contributed by atoms with E-state index in [0.29, 0.717) is 29.5 Å². The van der Waals surface area contributed by atoms with E-state index in [1.807, 2.05) is 19.1 Å². The molecule has 0 aliphatic carbocycles. The molecule has 0 fully saturated rings. The van der Waals surface area contributed by atoms with Crippen LogP contribution in [-0.2, 0) is 10.0 Å². The summed E-state index contributed by atoms with van der Waals surface area (Å²) in [7, 11) is -3.71. The first kappa shape index (κ1) is 13.9. The van der Waals surface area contributed by atoms with E-state index in [2.05, 4.69) is 5.16 Å². The van der Waals surface area contributed by atoms with Gasteiger partial charge in [0.25, 0.3) is 10.0 Å². The standard InChI is InChI=1S/C14H16N2O4S/c1-9-4-5-13-12(8-9)16(6-7-19-13)21(17,18)14-10(2)15-20-11(14)3/h4-5,8H,6-7H2,1-3H3. The smallest absolute Gasteiger partial charge is 0.269 e. The van der Waals surface area contributed by atoms with Gasteiger partial charge in [-0.05, 0) is 38.5 Å². The number of sulfonamides is 1. The molecular weight excluding hydrogens is 292 g/mol. The predicted molar refractivity (Wildman–Crippen MR) is 77.2 cm³/mol. The highest BCUT2D eigenvalue weighted by molar-refractivity contribution is 7.93. The van der Waals surface area contributed by atoms with Crippen LogP contribution < -0.4 is 9.04 Å². The number of hydrogen-bond donors (Lipinski definition) is 0. The van der Waals surface area contributed by atoms with E-state index in [4.69, 9.17) is 9.26 Å². The molecule has 7 heteroatoms. The van der Waals surface area contributed by atoms with Gasteiger partial charge in [-0.25, -0.2) is 8.42 Å². The summed E-state index contributed by atoms with van der Waals surface area (Å²) in [5.41, 5.74) is 1.90. The van der Waals surface area contributed by atoms with Crippen LogP contribution in [0.4, 0.5) is 5.69 Å². The number of aryl methyl sites for hydroxylation is 3. The van der Waals surface area contributed by atoms with Crippen LogP contribution in [0.1, 0.15) is 17.0 Å². The summed E-state index contributed by atoms with van der Waals surface area (Å²) in [4.78, 5) is 0.136. The molecule has 0 N–H and O–H groups in total. The molecule has 0 spiro atoms. The van der Waals surface area contributed by atoms with Gasteiger partial charge in [-0.3, -0.25) is 4.31 Å². The average molecular weight is 308 g/mol. The molecule has 0 unspecified atom stereocenters. The Labute approximate surface area is 123 Å².